The molecular weight excluding hydrogens is 254 g/mol. The fourth-order valence-electron chi connectivity index (χ4n) is 2.01. The Morgan fingerprint density at radius 3 is 2.05 bits per heavy atom. The molecule has 0 saturated carbocycles. The van der Waals surface area contributed by atoms with E-state index in [1.165, 1.54) is 17.7 Å². The zero-order valence-corrected chi connectivity index (χ0v) is 11.8. The van der Waals surface area contributed by atoms with Crippen LogP contribution in [0.1, 0.15) is 26.3 Å². The van der Waals surface area contributed by atoms with Gasteiger partial charge >= 0.3 is 5.69 Å². The molecular formula is C16H17NO3. The summed E-state index contributed by atoms with van der Waals surface area (Å²) in [6.45, 7) is 6.40. The first-order chi connectivity index (χ1) is 9.29. The first kappa shape index (κ1) is 14.1. The van der Waals surface area contributed by atoms with Gasteiger partial charge in [-0.15, -0.1) is 0 Å². The predicted octanol–water partition coefficient (Wildman–Crippen LogP) is 4.26. The van der Waals surface area contributed by atoms with Gasteiger partial charge in [0.2, 0.25) is 0 Å². The number of aromatic hydroxyl groups is 1. The summed E-state index contributed by atoms with van der Waals surface area (Å²) in [4.78, 5) is 10.3. The number of phenolic OH excluding ortho intramolecular Hbond substituents is 1. The second-order valence-electron chi connectivity index (χ2n) is 5.79. The Kier molecular flexibility index (Phi) is 3.49. The molecule has 0 heterocycles. The van der Waals surface area contributed by atoms with Gasteiger partial charge in [-0.05, 0) is 28.2 Å². The summed E-state index contributed by atoms with van der Waals surface area (Å²) in [6.07, 6.45) is 0. The summed E-state index contributed by atoms with van der Waals surface area (Å²) >= 11 is 0. The van der Waals surface area contributed by atoms with Gasteiger partial charge in [0, 0.05) is 6.07 Å². The number of nitro groups is 1. The van der Waals surface area contributed by atoms with Crippen LogP contribution in [0.15, 0.2) is 42.5 Å². The second-order valence-corrected chi connectivity index (χ2v) is 5.79. The average molecular weight is 271 g/mol. The van der Waals surface area contributed by atoms with Gasteiger partial charge < -0.3 is 5.11 Å². The molecule has 1 N–H and O–H groups in total. The van der Waals surface area contributed by atoms with E-state index in [-0.39, 0.29) is 16.9 Å². The van der Waals surface area contributed by atoms with Gasteiger partial charge in [0.05, 0.1) is 4.92 Å². The molecule has 0 bridgehead atoms. The van der Waals surface area contributed by atoms with E-state index >= 15 is 0 Å². The minimum absolute atomic E-state index is 0.0689. The lowest BCUT2D eigenvalue weighted by molar-refractivity contribution is -0.385. The summed E-state index contributed by atoms with van der Waals surface area (Å²) < 4.78 is 0. The van der Waals surface area contributed by atoms with Crippen LogP contribution in [0.5, 0.6) is 5.75 Å². The van der Waals surface area contributed by atoms with Crippen LogP contribution in [-0.2, 0) is 5.41 Å². The van der Waals surface area contributed by atoms with E-state index in [4.69, 9.17) is 0 Å². The Hall–Kier alpha value is -2.36. The van der Waals surface area contributed by atoms with Crippen molar-refractivity contribution in [3.63, 3.8) is 0 Å². The summed E-state index contributed by atoms with van der Waals surface area (Å²) in [5.74, 6) is -0.315. The lowest BCUT2D eigenvalue weighted by Crippen LogP contribution is -2.10. The van der Waals surface area contributed by atoms with Crippen LogP contribution in [0.4, 0.5) is 5.69 Å². The highest BCUT2D eigenvalue weighted by Gasteiger charge is 2.16. The van der Waals surface area contributed by atoms with Gasteiger partial charge in [-0.2, -0.15) is 0 Å². The fraction of sp³-hybridized carbons (Fsp3) is 0.250. The number of benzene rings is 2. The van der Waals surface area contributed by atoms with Crippen molar-refractivity contribution in [1.82, 2.24) is 0 Å². The largest absolute Gasteiger partial charge is 0.502 e. The van der Waals surface area contributed by atoms with Gasteiger partial charge in [0.1, 0.15) is 0 Å². The van der Waals surface area contributed by atoms with Crippen LogP contribution >= 0.6 is 0 Å². The van der Waals surface area contributed by atoms with E-state index in [1.54, 1.807) is 6.07 Å². The van der Waals surface area contributed by atoms with Crippen LogP contribution in [0.3, 0.4) is 0 Å². The van der Waals surface area contributed by atoms with Gasteiger partial charge in [-0.1, -0.05) is 51.1 Å². The molecule has 0 aliphatic rings. The van der Waals surface area contributed by atoms with Crippen LogP contribution in [0.2, 0.25) is 0 Å². The van der Waals surface area contributed by atoms with Crippen molar-refractivity contribution in [2.45, 2.75) is 26.2 Å². The molecule has 0 aromatic heterocycles. The first-order valence-corrected chi connectivity index (χ1v) is 6.37. The van der Waals surface area contributed by atoms with Crippen LogP contribution in [-0.4, -0.2) is 10.0 Å². The highest BCUT2D eigenvalue weighted by molar-refractivity contribution is 5.69. The summed E-state index contributed by atoms with van der Waals surface area (Å²) in [7, 11) is 0. The zero-order valence-electron chi connectivity index (χ0n) is 11.8. The third kappa shape index (κ3) is 2.79. The van der Waals surface area contributed by atoms with Gasteiger partial charge in [-0.3, -0.25) is 10.1 Å². The molecule has 0 unspecified atom stereocenters. The normalized spacial score (nSPS) is 11.3. The quantitative estimate of drug-likeness (QED) is 0.655. The average Bonchev–Trinajstić information content (AvgIpc) is 2.38. The van der Waals surface area contributed by atoms with E-state index < -0.39 is 4.92 Å². The Bertz CT molecular complexity index is 640. The first-order valence-electron chi connectivity index (χ1n) is 6.37. The van der Waals surface area contributed by atoms with Crippen molar-refractivity contribution in [1.29, 1.82) is 0 Å². The predicted molar refractivity (Wildman–Crippen MR) is 78.9 cm³/mol. The molecule has 4 nitrogen and oxygen atoms in total. The van der Waals surface area contributed by atoms with Crippen LogP contribution in [0.25, 0.3) is 11.1 Å². The lowest BCUT2D eigenvalue weighted by atomic mass is 9.86. The molecule has 0 atom stereocenters. The van der Waals surface area contributed by atoms with Crippen molar-refractivity contribution < 1.29 is 10.0 Å². The highest BCUT2D eigenvalue weighted by Crippen LogP contribution is 2.32. The maximum absolute atomic E-state index is 10.8. The van der Waals surface area contributed by atoms with Crippen LogP contribution in [0, 0.1) is 10.1 Å². The molecule has 2 rings (SSSR count). The second kappa shape index (κ2) is 4.96. The van der Waals surface area contributed by atoms with E-state index in [0.717, 1.165) is 11.1 Å². The molecule has 0 saturated heterocycles. The SMILES string of the molecule is CC(C)(C)c1ccc(-c2ccc(O)c([N+](=O)[O-])c2)cc1. The molecule has 0 aliphatic carbocycles. The zero-order chi connectivity index (χ0) is 14.9. The van der Waals surface area contributed by atoms with Gasteiger partial charge in [0.25, 0.3) is 0 Å². The van der Waals surface area contributed by atoms with Gasteiger partial charge in [0.15, 0.2) is 5.75 Å². The van der Waals surface area contributed by atoms with Crippen molar-refractivity contribution in [2.24, 2.45) is 0 Å². The monoisotopic (exact) mass is 271 g/mol. The van der Waals surface area contributed by atoms with Crippen molar-refractivity contribution >= 4 is 5.69 Å². The minimum atomic E-state index is -0.581. The molecule has 2 aromatic carbocycles. The highest BCUT2D eigenvalue weighted by atomic mass is 16.6. The van der Waals surface area contributed by atoms with E-state index in [2.05, 4.69) is 20.8 Å². The number of hydrogen-bond acceptors (Lipinski definition) is 3. The molecule has 0 amide bonds. The maximum Gasteiger partial charge on any atom is 0.311 e. The Balaban J connectivity index is 2.42. The number of nitro benzene ring substituents is 1. The fourth-order valence-corrected chi connectivity index (χ4v) is 2.01. The van der Waals surface area contributed by atoms with E-state index in [0.29, 0.717) is 0 Å². The molecule has 0 spiro atoms. The number of rotatable bonds is 2. The maximum atomic E-state index is 10.8. The molecule has 2 aromatic rings. The standard InChI is InChI=1S/C16H17NO3/c1-16(2,3)13-7-4-11(5-8-13)12-6-9-15(18)14(10-12)17(19)20/h4-10,18H,1-3H3. The Morgan fingerprint density at radius 2 is 1.55 bits per heavy atom. The third-order valence-electron chi connectivity index (χ3n) is 3.26. The lowest BCUT2D eigenvalue weighted by Gasteiger charge is -2.19. The molecule has 0 fully saturated rings. The molecule has 20 heavy (non-hydrogen) atoms. The Labute approximate surface area is 117 Å². The number of nitrogens with zero attached hydrogens (tertiary/aromatic N) is 1. The van der Waals surface area contributed by atoms with Gasteiger partial charge in [-0.25, -0.2) is 0 Å². The minimum Gasteiger partial charge on any atom is -0.502 e. The summed E-state index contributed by atoms with van der Waals surface area (Å²) in [5, 5.41) is 20.3. The molecule has 4 heteroatoms. The third-order valence-corrected chi connectivity index (χ3v) is 3.26. The van der Waals surface area contributed by atoms with Crippen molar-refractivity contribution in [2.75, 3.05) is 0 Å². The number of hydrogen-bond donors (Lipinski definition) is 1. The van der Waals surface area contributed by atoms with E-state index in [9.17, 15) is 15.2 Å². The summed E-state index contributed by atoms with van der Waals surface area (Å²) in [5.41, 5.74) is 2.60. The molecule has 104 valence electrons. The molecule has 0 aliphatic heterocycles. The number of phenols is 1. The summed E-state index contributed by atoms with van der Waals surface area (Å²) in [6, 6.07) is 12.3. The van der Waals surface area contributed by atoms with E-state index in [1.807, 2.05) is 24.3 Å². The molecule has 0 radical (unpaired) electrons. The Morgan fingerprint density at radius 1 is 1.00 bits per heavy atom. The van der Waals surface area contributed by atoms with Crippen molar-refractivity contribution in [3.8, 4) is 16.9 Å². The van der Waals surface area contributed by atoms with Crippen LogP contribution < -0.4 is 0 Å². The smallest absolute Gasteiger partial charge is 0.311 e. The topological polar surface area (TPSA) is 63.4 Å². The van der Waals surface area contributed by atoms with Crippen molar-refractivity contribution in [3.05, 3.63) is 58.1 Å².